The first-order valence-corrected chi connectivity index (χ1v) is 7.59. The average Bonchev–Trinajstić information content (AvgIpc) is 2.46. The molecule has 0 amide bonds. The fourth-order valence-electron chi connectivity index (χ4n) is 1.69. The van der Waals surface area contributed by atoms with Crippen molar-refractivity contribution < 1.29 is 28.5 Å². The summed E-state index contributed by atoms with van der Waals surface area (Å²) in [5.41, 5.74) is 0. The van der Waals surface area contributed by atoms with Crippen molar-refractivity contribution in [2.75, 3.05) is 26.4 Å². The number of carbonyl (C=O) groups is 2. The van der Waals surface area contributed by atoms with Crippen LogP contribution in [0.25, 0.3) is 0 Å². The molecule has 126 valence electrons. The van der Waals surface area contributed by atoms with E-state index >= 15 is 0 Å². The smallest absolute Gasteiger partial charge is 0.321 e. The fraction of sp³-hybridized carbons (Fsp3) is 0.750. The van der Waals surface area contributed by atoms with E-state index in [2.05, 4.69) is 11.8 Å². The normalized spacial score (nSPS) is 11.8. The molecule has 0 fully saturated rings. The molecular formula is C16H26O6. The Labute approximate surface area is 132 Å². The summed E-state index contributed by atoms with van der Waals surface area (Å²) in [5, 5.41) is 0. The standard InChI is InChI=1S/C16H26O6/c1-6-19-13(20-7-2)11-10-12(5)14(15(17)21-8-3)16(18)22-9-4/h12-14H,6-9H2,1-5H3. The van der Waals surface area contributed by atoms with Crippen LogP contribution in [-0.2, 0) is 28.5 Å². The summed E-state index contributed by atoms with van der Waals surface area (Å²) in [5.74, 6) is 2.71. The van der Waals surface area contributed by atoms with Crippen LogP contribution >= 0.6 is 0 Å². The molecule has 0 aromatic carbocycles. The summed E-state index contributed by atoms with van der Waals surface area (Å²) in [7, 11) is 0. The summed E-state index contributed by atoms with van der Waals surface area (Å²) in [6, 6.07) is 0. The maximum Gasteiger partial charge on any atom is 0.321 e. The second-order valence-electron chi connectivity index (χ2n) is 4.30. The van der Waals surface area contributed by atoms with Crippen molar-refractivity contribution in [3.63, 3.8) is 0 Å². The molecule has 6 nitrogen and oxygen atoms in total. The van der Waals surface area contributed by atoms with Gasteiger partial charge in [0.1, 0.15) is 0 Å². The summed E-state index contributed by atoms with van der Waals surface area (Å²) in [4.78, 5) is 23.9. The molecule has 22 heavy (non-hydrogen) atoms. The molecule has 1 atom stereocenters. The van der Waals surface area contributed by atoms with E-state index in [4.69, 9.17) is 18.9 Å². The van der Waals surface area contributed by atoms with Gasteiger partial charge in [0.2, 0.25) is 6.29 Å². The molecule has 0 aliphatic carbocycles. The first kappa shape index (κ1) is 20.4. The Hall–Kier alpha value is -1.58. The number of hydrogen-bond acceptors (Lipinski definition) is 6. The van der Waals surface area contributed by atoms with Crippen molar-refractivity contribution in [1.29, 1.82) is 0 Å². The van der Waals surface area contributed by atoms with Crippen LogP contribution in [0.3, 0.4) is 0 Å². The summed E-state index contributed by atoms with van der Waals surface area (Å²) in [6.45, 7) is 9.97. The maximum absolute atomic E-state index is 11.9. The average molecular weight is 314 g/mol. The molecule has 0 spiro atoms. The van der Waals surface area contributed by atoms with Crippen LogP contribution in [0.1, 0.15) is 34.6 Å². The molecule has 0 rings (SSSR count). The van der Waals surface area contributed by atoms with Crippen molar-refractivity contribution in [3.8, 4) is 11.8 Å². The topological polar surface area (TPSA) is 71.1 Å². The highest BCUT2D eigenvalue weighted by Gasteiger charge is 2.34. The van der Waals surface area contributed by atoms with Crippen molar-refractivity contribution in [3.05, 3.63) is 0 Å². The Morgan fingerprint density at radius 1 is 0.818 bits per heavy atom. The van der Waals surface area contributed by atoms with Gasteiger partial charge in [0.05, 0.1) is 13.2 Å². The number of esters is 2. The van der Waals surface area contributed by atoms with Crippen molar-refractivity contribution in [2.45, 2.75) is 40.9 Å². The molecule has 0 saturated heterocycles. The predicted molar refractivity (Wildman–Crippen MR) is 80.7 cm³/mol. The zero-order chi connectivity index (χ0) is 17.0. The van der Waals surface area contributed by atoms with Gasteiger partial charge in [-0.05, 0) is 40.5 Å². The maximum atomic E-state index is 11.9. The van der Waals surface area contributed by atoms with Crippen LogP contribution in [0, 0.1) is 23.7 Å². The van der Waals surface area contributed by atoms with E-state index in [1.54, 1.807) is 20.8 Å². The SMILES string of the molecule is CCOC(=O)C(C(=O)OCC)C(C)C#CC(OCC)OCC. The molecule has 0 aromatic heterocycles. The number of carbonyl (C=O) groups excluding carboxylic acids is 2. The zero-order valence-electron chi connectivity index (χ0n) is 14.0. The number of hydrogen-bond donors (Lipinski definition) is 0. The van der Waals surface area contributed by atoms with Crippen LogP contribution in [0.2, 0.25) is 0 Å². The molecule has 0 radical (unpaired) electrons. The van der Waals surface area contributed by atoms with E-state index in [-0.39, 0.29) is 13.2 Å². The lowest BCUT2D eigenvalue weighted by molar-refractivity contribution is -0.163. The summed E-state index contributed by atoms with van der Waals surface area (Å²) >= 11 is 0. The van der Waals surface area contributed by atoms with E-state index in [9.17, 15) is 9.59 Å². The predicted octanol–water partition coefficient (Wildman–Crippen LogP) is 1.77. The third-order valence-electron chi connectivity index (χ3n) is 2.65. The van der Waals surface area contributed by atoms with Gasteiger partial charge in [-0.1, -0.05) is 5.92 Å². The molecule has 0 bridgehead atoms. The van der Waals surface area contributed by atoms with Gasteiger partial charge in [-0.3, -0.25) is 9.59 Å². The minimum Gasteiger partial charge on any atom is -0.465 e. The lowest BCUT2D eigenvalue weighted by Crippen LogP contribution is -2.33. The molecule has 0 aliphatic heterocycles. The van der Waals surface area contributed by atoms with Crippen molar-refractivity contribution >= 4 is 11.9 Å². The Morgan fingerprint density at radius 3 is 1.64 bits per heavy atom. The van der Waals surface area contributed by atoms with Crippen LogP contribution in [0.5, 0.6) is 0 Å². The largest absolute Gasteiger partial charge is 0.465 e. The third-order valence-corrected chi connectivity index (χ3v) is 2.65. The van der Waals surface area contributed by atoms with Crippen LogP contribution < -0.4 is 0 Å². The van der Waals surface area contributed by atoms with Gasteiger partial charge < -0.3 is 18.9 Å². The van der Waals surface area contributed by atoms with E-state index in [0.29, 0.717) is 13.2 Å². The number of ether oxygens (including phenoxy) is 4. The first-order valence-electron chi connectivity index (χ1n) is 7.59. The fourth-order valence-corrected chi connectivity index (χ4v) is 1.69. The van der Waals surface area contributed by atoms with Crippen molar-refractivity contribution in [1.82, 2.24) is 0 Å². The Kier molecular flexibility index (Phi) is 11.2. The molecule has 1 unspecified atom stereocenters. The third kappa shape index (κ3) is 7.43. The quantitative estimate of drug-likeness (QED) is 0.279. The highest BCUT2D eigenvalue weighted by molar-refractivity contribution is 5.95. The molecule has 6 heteroatoms. The molecule has 0 heterocycles. The lowest BCUT2D eigenvalue weighted by atomic mass is 9.94. The highest BCUT2D eigenvalue weighted by atomic mass is 16.7. The van der Waals surface area contributed by atoms with E-state index in [0.717, 1.165) is 0 Å². The summed E-state index contributed by atoms with van der Waals surface area (Å²) < 4.78 is 20.4. The lowest BCUT2D eigenvalue weighted by Gasteiger charge is -2.17. The number of rotatable bonds is 9. The molecule has 0 aliphatic rings. The van der Waals surface area contributed by atoms with Crippen LogP contribution in [0.15, 0.2) is 0 Å². The van der Waals surface area contributed by atoms with Gasteiger partial charge in [0.15, 0.2) is 5.92 Å². The summed E-state index contributed by atoms with van der Waals surface area (Å²) in [6.07, 6.45) is -0.678. The van der Waals surface area contributed by atoms with Gasteiger partial charge >= 0.3 is 11.9 Å². The highest BCUT2D eigenvalue weighted by Crippen LogP contribution is 2.15. The molecule has 0 aromatic rings. The van der Waals surface area contributed by atoms with E-state index < -0.39 is 30.1 Å². The minimum atomic E-state index is -1.07. The van der Waals surface area contributed by atoms with E-state index in [1.165, 1.54) is 0 Å². The Balaban J connectivity index is 5.06. The van der Waals surface area contributed by atoms with Gasteiger partial charge in [0, 0.05) is 19.1 Å². The van der Waals surface area contributed by atoms with E-state index in [1.807, 2.05) is 13.8 Å². The molecular weight excluding hydrogens is 288 g/mol. The first-order chi connectivity index (χ1) is 10.5. The molecule has 0 N–H and O–H groups in total. The monoisotopic (exact) mass is 314 g/mol. The minimum absolute atomic E-state index is 0.190. The van der Waals surface area contributed by atoms with Crippen LogP contribution in [-0.4, -0.2) is 44.7 Å². The Morgan fingerprint density at radius 2 is 1.27 bits per heavy atom. The second kappa shape index (κ2) is 12.0. The molecule has 0 saturated carbocycles. The van der Waals surface area contributed by atoms with Gasteiger partial charge in [-0.2, -0.15) is 0 Å². The zero-order valence-corrected chi connectivity index (χ0v) is 14.0. The van der Waals surface area contributed by atoms with Gasteiger partial charge in [-0.25, -0.2) is 0 Å². The van der Waals surface area contributed by atoms with Crippen LogP contribution in [0.4, 0.5) is 0 Å². The van der Waals surface area contributed by atoms with Crippen molar-refractivity contribution in [2.24, 2.45) is 11.8 Å². The van der Waals surface area contributed by atoms with Gasteiger partial charge in [0.25, 0.3) is 0 Å². The second-order valence-corrected chi connectivity index (χ2v) is 4.30. The Bertz CT molecular complexity index is 371. The van der Waals surface area contributed by atoms with Gasteiger partial charge in [-0.15, -0.1) is 0 Å².